The Balaban J connectivity index is 1.43. The van der Waals surface area contributed by atoms with Crippen LogP contribution in [0.15, 0.2) is 77.9 Å². The lowest BCUT2D eigenvalue weighted by atomic mass is 10.2. The molecule has 0 radical (unpaired) electrons. The SMILES string of the molecule is Cc1ccccc1NC(=O)C(=O)NN=Cc1ccccc1OC(=O)c1sc2ccccc2c1Cl. The lowest BCUT2D eigenvalue weighted by Gasteiger charge is -2.07. The van der Waals surface area contributed by atoms with Crippen molar-refractivity contribution < 1.29 is 19.1 Å². The second kappa shape index (κ2) is 10.3. The van der Waals surface area contributed by atoms with Crippen LogP contribution < -0.4 is 15.5 Å². The smallest absolute Gasteiger partial charge is 0.355 e. The number of amides is 2. The summed E-state index contributed by atoms with van der Waals surface area (Å²) in [7, 11) is 0. The Morgan fingerprint density at radius 1 is 0.941 bits per heavy atom. The zero-order chi connectivity index (χ0) is 24.1. The Morgan fingerprint density at radius 2 is 1.65 bits per heavy atom. The number of para-hydroxylation sites is 2. The molecule has 0 aliphatic carbocycles. The number of aryl methyl sites for hydroxylation is 1. The molecular weight excluding hydrogens is 474 g/mol. The van der Waals surface area contributed by atoms with E-state index in [4.69, 9.17) is 16.3 Å². The molecule has 34 heavy (non-hydrogen) atoms. The number of fused-ring (bicyclic) bond motifs is 1. The topological polar surface area (TPSA) is 96.9 Å². The summed E-state index contributed by atoms with van der Waals surface area (Å²) in [5.74, 6) is -2.17. The summed E-state index contributed by atoms with van der Waals surface area (Å²) < 4.78 is 6.42. The molecule has 4 aromatic rings. The van der Waals surface area contributed by atoms with Gasteiger partial charge in [-0.15, -0.1) is 11.3 Å². The number of hydrazone groups is 1. The maximum absolute atomic E-state index is 12.8. The van der Waals surface area contributed by atoms with Crippen LogP contribution in [0.25, 0.3) is 10.1 Å². The Bertz CT molecular complexity index is 1430. The minimum absolute atomic E-state index is 0.225. The largest absolute Gasteiger partial charge is 0.422 e. The number of ether oxygens (including phenoxy) is 1. The maximum atomic E-state index is 12.8. The van der Waals surface area contributed by atoms with Gasteiger partial charge in [-0.1, -0.05) is 60.1 Å². The molecular formula is C25H18ClN3O4S. The summed E-state index contributed by atoms with van der Waals surface area (Å²) in [5.41, 5.74) is 3.94. The minimum atomic E-state index is -0.939. The van der Waals surface area contributed by atoms with Gasteiger partial charge in [0.25, 0.3) is 0 Å². The second-order valence-electron chi connectivity index (χ2n) is 7.14. The number of esters is 1. The average Bonchev–Trinajstić information content (AvgIpc) is 3.18. The number of carbonyl (C=O) groups is 3. The van der Waals surface area contributed by atoms with E-state index in [9.17, 15) is 14.4 Å². The number of nitrogens with one attached hydrogen (secondary N) is 2. The zero-order valence-corrected chi connectivity index (χ0v) is 19.4. The van der Waals surface area contributed by atoms with E-state index in [2.05, 4.69) is 15.8 Å². The zero-order valence-electron chi connectivity index (χ0n) is 17.9. The number of nitrogens with zero attached hydrogens (tertiary/aromatic N) is 1. The quantitative estimate of drug-likeness (QED) is 0.132. The van der Waals surface area contributed by atoms with Crippen molar-refractivity contribution in [2.75, 3.05) is 5.32 Å². The number of benzene rings is 3. The van der Waals surface area contributed by atoms with E-state index in [-0.39, 0.29) is 10.6 Å². The van der Waals surface area contributed by atoms with E-state index in [0.717, 1.165) is 15.6 Å². The van der Waals surface area contributed by atoms with Crippen molar-refractivity contribution in [3.8, 4) is 5.75 Å². The van der Waals surface area contributed by atoms with Crippen LogP contribution in [0.2, 0.25) is 5.02 Å². The monoisotopic (exact) mass is 491 g/mol. The molecule has 0 bridgehead atoms. The third-order valence-corrected chi connectivity index (χ3v) is 6.47. The van der Waals surface area contributed by atoms with E-state index in [0.29, 0.717) is 16.3 Å². The van der Waals surface area contributed by atoms with Gasteiger partial charge in [0.2, 0.25) is 0 Å². The molecule has 0 fully saturated rings. The molecule has 170 valence electrons. The van der Waals surface area contributed by atoms with Gasteiger partial charge < -0.3 is 10.1 Å². The molecule has 2 amide bonds. The third-order valence-electron chi connectivity index (χ3n) is 4.81. The average molecular weight is 492 g/mol. The van der Waals surface area contributed by atoms with Crippen molar-refractivity contribution in [3.05, 3.63) is 93.8 Å². The first-order valence-corrected chi connectivity index (χ1v) is 11.3. The molecule has 0 aliphatic heterocycles. The number of hydrogen-bond donors (Lipinski definition) is 2. The van der Waals surface area contributed by atoms with Crippen LogP contribution in [0.3, 0.4) is 0 Å². The fourth-order valence-corrected chi connectivity index (χ4v) is 4.46. The van der Waals surface area contributed by atoms with Crippen LogP contribution in [-0.2, 0) is 9.59 Å². The summed E-state index contributed by atoms with van der Waals surface area (Å²) in [6.45, 7) is 1.82. The fourth-order valence-electron chi connectivity index (χ4n) is 3.08. The predicted octanol–water partition coefficient (Wildman–Crippen LogP) is 5.17. The Hall–Kier alpha value is -4.01. The number of hydrogen-bond acceptors (Lipinski definition) is 6. The first kappa shape index (κ1) is 23.2. The van der Waals surface area contributed by atoms with Crippen LogP contribution in [0.4, 0.5) is 5.69 Å². The van der Waals surface area contributed by atoms with E-state index in [1.165, 1.54) is 17.6 Å². The summed E-state index contributed by atoms with van der Waals surface area (Å²) in [5, 5.41) is 7.46. The van der Waals surface area contributed by atoms with Crippen LogP contribution in [0.5, 0.6) is 5.75 Å². The number of thiophene rings is 1. The maximum Gasteiger partial charge on any atom is 0.355 e. The number of anilines is 1. The van der Waals surface area contributed by atoms with Crippen molar-refractivity contribution in [3.63, 3.8) is 0 Å². The van der Waals surface area contributed by atoms with E-state index in [1.54, 1.807) is 36.4 Å². The second-order valence-corrected chi connectivity index (χ2v) is 8.57. The molecule has 3 aromatic carbocycles. The highest BCUT2D eigenvalue weighted by Crippen LogP contribution is 2.36. The van der Waals surface area contributed by atoms with E-state index >= 15 is 0 Å². The summed E-state index contributed by atoms with van der Waals surface area (Å²) in [6, 6.07) is 21.2. The standard InChI is InChI=1S/C25H18ClN3O4S/c1-15-8-2-5-11-18(15)28-23(30)24(31)29-27-14-16-9-3-6-12-19(16)33-25(32)22-21(26)17-10-4-7-13-20(17)34-22/h2-14H,1H3,(H,28,30)(H,29,31). The summed E-state index contributed by atoms with van der Waals surface area (Å²) in [6.07, 6.45) is 1.29. The van der Waals surface area contributed by atoms with Crippen molar-refractivity contribution in [2.45, 2.75) is 6.92 Å². The predicted molar refractivity (Wildman–Crippen MR) is 134 cm³/mol. The third kappa shape index (κ3) is 5.14. The van der Waals surface area contributed by atoms with Gasteiger partial charge in [0.1, 0.15) is 10.6 Å². The first-order valence-electron chi connectivity index (χ1n) is 10.1. The van der Waals surface area contributed by atoms with Gasteiger partial charge in [0, 0.05) is 21.3 Å². The number of rotatable bonds is 5. The van der Waals surface area contributed by atoms with Gasteiger partial charge in [-0.3, -0.25) is 9.59 Å². The van der Waals surface area contributed by atoms with Gasteiger partial charge in [0.15, 0.2) is 0 Å². The van der Waals surface area contributed by atoms with Crippen LogP contribution in [0.1, 0.15) is 20.8 Å². The van der Waals surface area contributed by atoms with Crippen LogP contribution in [0, 0.1) is 6.92 Å². The molecule has 2 N–H and O–H groups in total. The van der Waals surface area contributed by atoms with Gasteiger partial charge in [-0.05, 0) is 36.8 Å². The van der Waals surface area contributed by atoms with E-state index in [1.807, 2.05) is 43.3 Å². The normalized spacial score (nSPS) is 10.9. The molecule has 0 spiro atoms. The number of halogens is 1. The van der Waals surface area contributed by atoms with Crippen LogP contribution in [-0.4, -0.2) is 24.0 Å². The minimum Gasteiger partial charge on any atom is -0.422 e. The molecule has 7 nitrogen and oxygen atoms in total. The van der Waals surface area contributed by atoms with Crippen molar-refractivity contribution in [1.29, 1.82) is 0 Å². The summed E-state index contributed by atoms with van der Waals surface area (Å²) >= 11 is 7.61. The first-order chi connectivity index (χ1) is 16.4. The lowest BCUT2D eigenvalue weighted by Crippen LogP contribution is -2.32. The summed E-state index contributed by atoms with van der Waals surface area (Å²) in [4.78, 5) is 37.2. The molecule has 0 atom stereocenters. The molecule has 1 heterocycles. The highest BCUT2D eigenvalue weighted by Gasteiger charge is 2.20. The molecule has 0 aliphatic rings. The Morgan fingerprint density at radius 3 is 2.44 bits per heavy atom. The highest BCUT2D eigenvalue weighted by atomic mass is 35.5. The fraction of sp³-hybridized carbons (Fsp3) is 0.0400. The Kier molecular flexibility index (Phi) is 7.01. The van der Waals surface area contributed by atoms with E-state index < -0.39 is 17.8 Å². The molecule has 0 saturated carbocycles. The van der Waals surface area contributed by atoms with Crippen molar-refractivity contribution >= 4 is 62.7 Å². The molecule has 9 heteroatoms. The molecule has 4 rings (SSSR count). The van der Waals surface area contributed by atoms with Gasteiger partial charge >= 0.3 is 17.8 Å². The molecule has 1 aromatic heterocycles. The lowest BCUT2D eigenvalue weighted by molar-refractivity contribution is -0.136. The van der Waals surface area contributed by atoms with Crippen molar-refractivity contribution in [1.82, 2.24) is 5.43 Å². The highest BCUT2D eigenvalue weighted by molar-refractivity contribution is 7.21. The van der Waals surface area contributed by atoms with Gasteiger partial charge in [-0.2, -0.15) is 5.10 Å². The molecule has 0 saturated heterocycles. The van der Waals surface area contributed by atoms with Crippen molar-refractivity contribution in [2.24, 2.45) is 5.10 Å². The van der Waals surface area contributed by atoms with Crippen LogP contribution >= 0.6 is 22.9 Å². The van der Waals surface area contributed by atoms with Gasteiger partial charge in [0.05, 0.1) is 11.2 Å². The Labute approximate surface area is 204 Å². The van der Waals surface area contributed by atoms with Gasteiger partial charge in [-0.25, -0.2) is 10.2 Å². The molecule has 0 unspecified atom stereocenters. The number of carbonyl (C=O) groups excluding carboxylic acids is 3.